The molecule has 0 amide bonds. The maximum absolute atomic E-state index is 14.8. The van der Waals surface area contributed by atoms with Crippen LogP contribution in [0.4, 0.5) is 0 Å². The van der Waals surface area contributed by atoms with Gasteiger partial charge in [-0.15, -0.1) is 0 Å². The van der Waals surface area contributed by atoms with Gasteiger partial charge >= 0.3 is 11.4 Å². The molecule has 6 aliphatic rings. The van der Waals surface area contributed by atoms with E-state index in [1.165, 1.54) is 24.3 Å². The third-order valence-corrected chi connectivity index (χ3v) is 14.8. The van der Waals surface area contributed by atoms with Gasteiger partial charge in [-0.25, -0.2) is 23.5 Å². The highest BCUT2D eigenvalue weighted by Crippen LogP contribution is 2.74. The molecule has 0 radical (unpaired) electrons. The van der Waals surface area contributed by atoms with E-state index in [1.54, 1.807) is 9.36 Å². The number of aromatic nitrogens is 3. The molecule has 2 N–H and O–H groups in total. The number of rotatable bonds is 6. The van der Waals surface area contributed by atoms with Crippen molar-refractivity contribution in [1.29, 1.82) is 0 Å². The van der Waals surface area contributed by atoms with Crippen LogP contribution in [0.2, 0.25) is 0 Å². The van der Waals surface area contributed by atoms with E-state index >= 15 is 0 Å². The highest BCUT2D eigenvalue weighted by Gasteiger charge is 2.75. The molecule has 10 atom stereocenters. The van der Waals surface area contributed by atoms with Crippen LogP contribution in [-0.2, 0) is 21.2 Å². The molecule has 2 bridgehead atoms. The van der Waals surface area contributed by atoms with Gasteiger partial charge in [0.15, 0.2) is 0 Å². The van der Waals surface area contributed by atoms with Crippen LogP contribution in [0.5, 0.6) is 0 Å². The summed E-state index contributed by atoms with van der Waals surface area (Å²) in [5.41, 5.74) is -2.62. The van der Waals surface area contributed by atoms with Crippen molar-refractivity contribution in [2.75, 3.05) is 0 Å². The topological polar surface area (TPSA) is 124 Å². The van der Waals surface area contributed by atoms with E-state index in [4.69, 9.17) is 0 Å². The number of allylic oxidation sites excluding steroid dienone is 4. The Morgan fingerprint density at radius 3 is 2.20 bits per heavy atom. The van der Waals surface area contributed by atoms with Crippen molar-refractivity contribution in [3.05, 3.63) is 69.5 Å². The molecule has 46 heavy (non-hydrogen) atoms. The van der Waals surface area contributed by atoms with E-state index in [1.807, 2.05) is 0 Å². The molecule has 10 unspecified atom stereocenters. The fourth-order valence-electron chi connectivity index (χ4n) is 11.2. The van der Waals surface area contributed by atoms with E-state index in [0.29, 0.717) is 36.5 Å². The van der Waals surface area contributed by atoms with Crippen molar-refractivity contribution in [2.24, 2.45) is 46.3 Å². The van der Waals surface area contributed by atoms with Crippen molar-refractivity contribution in [3.8, 4) is 5.69 Å². The van der Waals surface area contributed by atoms with Gasteiger partial charge in [-0.2, -0.15) is 8.42 Å². The maximum Gasteiger partial charge on any atom is 0.352 e. The van der Waals surface area contributed by atoms with Crippen LogP contribution < -0.4 is 11.4 Å². The van der Waals surface area contributed by atoms with Crippen LogP contribution in [0.1, 0.15) is 86.5 Å². The molecule has 3 saturated carbocycles. The summed E-state index contributed by atoms with van der Waals surface area (Å²) in [6.07, 6.45) is 14.4. The lowest BCUT2D eigenvalue weighted by molar-refractivity contribution is -0.199. The average molecular weight is 652 g/mol. The fraction of sp³-hybridized carbons (Fsp3) is 0.667. The molecule has 10 heteroatoms. The van der Waals surface area contributed by atoms with E-state index in [0.717, 1.165) is 36.7 Å². The van der Waals surface area contributed by atoms with Gasteiger partial charge < -0.3 is 5.11 Å². The first-order chi connectivity index (χ1) is 21.5. The van der Waals surface area contributed by atoms with Crippen molar-refractivity contribution in [3.63, 3.8) is 0 Å². The zero-order chi connectivity index (χ0) is 33.2. The summed E-state index contributed by atoms with van der Waals surface area (Å²) in [4.78, 5) is 29.1. The highest BCUT2D eigenvalue weighted by molar-refractivity contribution is 7.85. The van der Waals surface area contributed by atoms with Crippen LogP contribution in [0.15, 0.2) is 63.1 Å². The summed E-state index contributed by atoms with van der Waals surface area (Å²) < 4.78 is 37.6. The van der Waals surface area contributed by atoms with Gasteiger partial charge in [-0.1, -0.05) is 65.8 Å². The Morgan fingerprint density at radius 1 is 0.870 bits per heavy atom. The molecule has 0 saturated heterocycles. The average Bonchev–Trinajstić information content (AvgIpc) is 3.50. The first kappa shape index (κ1) is 31.9. The minimum Gasteiger partial charge on any atom is -0.393 e. The summed E-state index contributed by atoms with van der Waals surface area (Å²) in [5, 5.41) is 11.1. The predicted octanol–water partition coefficient (Wildman–Crippen LogP) is 5.50. The number of fused-ring (bicyclic) bond motifs is 1. The summed E-state index contributed by atoms with van der Waals surface area (Å²) in [6.45, 7) is 13.8. The summed E-state index contributed by atoms with van der Waals surface area (Å²) in [6, 6.07) is 5.23. The zero-order valence-corrected chi connectivity index (χ0v) is 28.7. The predicted molar refractivity (Wildman–Crippen MR) is 177 cm³/mol. The monoisotopic (exact) mass is 651 g/mol. The zero-order valence-electron chi connectivity index (χ0n) is 27.9. The van der Waals surface area contributed by atoms with E-state index in [2.05, 4.69) is 65.8 Å². The fourth-order valence-corrected chi connectivity index (χ4v) is 11.7. The van der Waals surface area contributed by atoms with E-state index in [9.17, 15) is 27.7 Å². The van der Waals surface area contributed by atoms with Gasteiger partial charge in [0.2, 0.25) is 0 Å². The molecule has 3 heterocycles. The summed E-state index contributed by atoms with van der Waals surface area (Å²) >= 11 is 0. The minimum absolute atomic E-state index is 0.0485. The Labute approximate surface area is 271 Å². The van der Waals surface area contributed by atoms with Crippen molar-refractivity contribution >= 4 is 10.1 Å². The maximum atomic E-state index is 14.8. The molecule has 2 aliphatic heterocycles. The largest absolute Gasteiger partial charge is 0.393 e. The van der Waals surface area contributed by atoms with Crippen molar-refractivity contribution in [1.82, 2.24) is 13.9 Å². The van der Waals surface area contributed by atoms with Crippen LogP contribution >= 0.6 is 0 Å². The van der Waals surface area contributed by atoms with Crippen molar-refractivity contribution < 1.29 is 18.1 Å². The first-order valence-corrected chi connectivity index (χ1v) is 18.6. The Balaban J connectivity index is 1.42. The second-order valence-electron chi connectivity index (χ2n) is 16.1. The molecule has 4 aliphatic carbocycles. The lowest BCUT2D eigenvalue weighted by atomic mass is 9.40. The Kier molecular flexibility index (Phi) is 7.04. The van der Waals surface area contributed by atoms with Gasteiger partial charge in [0.05, 0.1) is 27.8 Å². The van der Waals surface area contributed by atoms with Crippen LogP contribution in [-0.4, -0.2) is 38.1 Å². The lowest BCUT2D eigenvalue weighted by Crippen LogP contribution is -2.76. The summed E-state index contributed by atoms with van der Waals surface area (Å²) in [7, 11) is -4.44. The van der Waals surface area contributed by atoms with Crippen LogP contribution in [0, 0.1) is 46.3 Å². The third kappa shape index (κ3) is 3.95. The number of benzene rings is 1. The quantitative estimate of drug-likeness (QED) is 0.314. The first-order valence-electron chi connectivity index (χ1n) is 17.2. The van der Waals surface area contributed by atoms with E-state index < -0.39 is 38.7 Å². The Bertz CT molecular complexity index is 1850. The number of aliphatic hydroxyl groups is 1. The molecular formula is C36H49N3O6S. The van der Waals surface area contributed by atoms with Gasteiger partial charge in [0.25, 0.3) is 10.1 Å². The number of nitrogens with zero attached hydrogens (tertiary/aromatic N) is 3. The second kappa shape index (κ2) is 10.2. The third-order valence-electron chi connectivity index (χ3n) is 13.9. The van der Waals surface area contributed by atoms with Gasteiger partial charge in [-0.3, -0.25) is 4.55 Å². The van der Waals surface area contributed by atoms with Gasteiger partial charge in [-0.05, 0) is 104 Å². The standard InChI is InChI=1S/C36H49N3O6S/c1-22(2)23(3)7-8-24(4)28-13-14-29-33(28,5)17-16-30-34(6)18-15-26(40)21-35(34)19-20-36(29,30)39-32(42)37(31(41)38(35)39)25-9-11-27(12-10-25)46(43,44)45/h7-12,19-20,22-24,26,28-30,40H,13-18,21H2,1-6H3,(H,43,44,45). The van der Waals surface area contributed by atoms with Gasteiger partial charge in [0.1, 0.15) is 0 Å². The van der Waals surface area contributed by atoms with Crippen LogP contribution in [0.25, 0.3) is 5.69 Å². The number of hydrogen-bond donors (Lipinski definition) is 2. The number of aliphatic hydroxyl groups excluding tert-OH is 1. The van der Waals surface area contributed by atoms with Crippen molar-refractivity contribution in [2.45, 2.75) is 109 Å². The molecule has 1 aromatic carbocycles. The molecular weight excluding hydrogens is 602 g/mol. The van der Waals surface area contributed by atoms with Crippen LogP contribution in [0.3, 0.4) is 0 Å². The normalized spacial score (nSPS) is 39.2. The molecule has 9 nitrogen and oxygen atoms in total. The molecule has 1 aromatic heterocycles. The molecule has 250 valence electrons. The second-order valence-corrected chi connectivity index (χ2v) is 17.6. The molecule has 2 aromatic rings. The van der Waals surface area contributed by atoms with E-state index in [-0.39, 0.29) is 33.2 Å². The highest BCUT2D eigenvalue weighted by atomic mass is 32.2. The number of hydrogen-bond acceptors (Lipinski definition) is 5. The lowest BCUT2D eigenvalue weighted by Gasteiger charge is -2.71. The summed E-state index contributed by atoms with van der Waals surface area (Å²) in [5.74, 6) is 2.15. The molecule has 2 spiro atoms. The SMILES string of the molecule is CC(C)C(C)C=CC(C)C1CCC2C1(C)CCC1C23C=CC2(CC(O)CCC12C)n1c(=O)n(-c2ccc(S(=O)(=O)O)cc2)c(=O)n13. The Morgan fingerprint density at radius 2 is 1.54 bits per heavy atom. The van der Waals surface area contributed by atoms with Gasteiger partial charge in [0, 0.05) is 11.8 Å². The Hall–Kier alpha value is -2.69. The smallest absolute Gasteiger partial charge is 0.352 e. The minimum atomic E-state index is -4.44. The molecule has 3 fully saturated rings. The molecule has 8 rings (SSSR count).